The van der Waals surface area contributed by atoms with Crippen LogP contribution in [0.15, 0.2) is 35.7 Å². The lowest BCUT2D eigenvalue weighted by atomic mass is 10.1. The van der Waals surface area contributed by atoms with Crippen LogP contribution >= 0.6 is 11.8 Å². The maximum atomic E-state index is 5.42. The lowest BCUT2D eigenvalue weighted by Crippen LogP contribution is -1.94. The number of nitrogens with zero attached hydrogens (tertiary/aromatic N) is 4. The van der Waals surface area contributed by atoms with Gasteiger partial charge < -0.3 is 4.74 Å². The second-order valence-corrected chi connectivity index (χ2v) is 5.75. The van der Waals surface area contributed by atoms with Gasteiger partial charge in [-0.1, -0.05) is 17.7 Å². The number of hydrogen-bond donors (Lipinski definition) is 0. The van der Waals surface area contributed by atoms with Crippen LogP contribution in [-0.4, -0.2) is 26.9 Å². The highest BCUT2D eigenvalue weighted by Gasteiger charge is 2.10. The van der Waals surface area contributed by atoms with Gasteiger partial charge in [0.1, 0.15) is 17.1 Å². The number of ether oxygens (including phenoxy) is 1. The van der Waals surface area contributed by atoms with E-state index in [4.69, 9.17) is 4.74 Å². The van der Waals surface area contributed by atoms with Gasteiger partial charge in [0.05, 0.1) is 18.7 Å². The molecule has 3 aromatic rings. The third-order valence-electron chi connectivity index (χ3n) is 3.29. The maximum Gasteiger partial charge on any atom is 0.162 e. The van der Waals surface area contributed by atoms with Crippen molar-refractivity contribution in [1.82, 2.24) is 19.7 Å². The Hall–Kier alpha value is -2.08. The molecule has 3 rings (SSSR count). The Kier molecular flexibility index (Phi) is 3.79. The van der Waals surface area contributed by atoms with E-state index in [1.54, 1.807) is 29.9 Å². The van der Waals surface area contributed by atoms with Gasteiger partial charge in [-0.2, -0.15) is 5.10 Å². The second-order valence-electron chi connectivity index (χ2n) is 4.79. The predicted molar refractivity (Wildman–Crippen MR) is 83.6 cm³/mol. The minimum absolute atomic E-state index is 0.797. The molecule has 0 saturated carbocycles. The largest absolute Gasteiger partial charge is 0.496 e. The summed E-state index contributed by atoms with van der Waals surface area (Å²) >= 11 is 1.67. The zero-order valence-corrected chi connectivity index (χ0v) is 13.0. The van der Waals surface area contributed by atoms with Crippen molar-refractivity contribution in [3.8, 4) is 5.75 Å². The van der Waals surface area contributed by atoms with Crippen LogP contribution in [-0.2, 0) is 12.8 Å². The van der Waals surface area contributed by atoms with E-state index in [9.17, 15) is 0 Å². The van der Waals surface area contributed by atoms with Crippen LogP contribution in [0.1, 0.15) is 11.1 Å². The summed E-state index contributed by atoms with van der Waals surface area (Å²) in [6.45, 7) is 2.08. The fraction of sp³-hybridized carbons (Fsp3) is 0.267. The van der Waals surface area contributed by atoms with Crippen molar-refractivity contribution in [3.05, 3.63) is 41.9 Å². The molecule has 5 nitrogen and oxygen atoms in total. The van der Waals surface area contributed by atoms with Crippen LogP contribution in [0.5, 0.6) is 5.75 Å². The first kappa shape index (κ1) is 13.9. The molecular formula is C15H16N4OS. The zero-order chi connectivity index (χ0) is 14.8. The van der Waals surface area contributed by atoms with E-state index in [-0.39, 0.29) is 0 Å². The topological polar surface area (TPSA) is 52.8 Å². The van der Waals surface area contributed by atoms with Gasteiger partial charge in [-0.25, -0.2) is 9.97 Å². The van der Waals surface area contributed by atoms with Gasteiger partial charge in [-0.15, -0.1) is 11.8 Å². The van der Waals surface area contributed by atoms with Gasteiger partial charge >= 0.3 is 0 Å². The molecule has 0 radical (unpaired) electrons. The molecule has 0 aliphatic carbocycles. The molecule has 0 fully saturated rings. The standard InChI is InChI=1S/C15H16N4OS/c1-10-4-5-13(20-3)11(6-10)8-21-15-12-7-18-19(2)14(12)16-9-17-15/h4-7,9H,8H2,1-3H3. The summed E-state index contributed by atoms with van der Waals surface area (Å²) in [6, 6.07) is 6.20. The van der Waals surface area contributed by atoms with Crippen molar-refractivity contribution in [3.63, 3.8) is 0 Å². The molecule has 0 atom stereocenters. The molecule has 0 bridgehead atoms. The maximum absolute atomic E-state index is 5.42. The van der Waals surface area contributed by atoms with E-state index < -0.39 is 0 Å². The second kappa shape index (κ2) is 5.73. The number of rotatable bonds is 4. The van der Waals surface area contributed by atoms with Crippen molar-refractivity contribution in [2.75, 3.05) is 7.11 Å². The smallest absolute Gasteiger partial charge is 0.162 e. The number of aryl methyl sites for hydroxylation is 2. The van der Waals surface area contributed by atoms with Crippen LogP contribution < -0.4 is 4.74 Å². The molecule has 0 N–H and O–H groups in total. The van der Waals surface area contributed by atoms with Gasteiger partial charge in [-0.05, 0) is 13.0 Å². The highest BCUT2D eigenvalue weighted by atomic mass is 32.2. The molecule has 0 unspecified atom stereocenters. The van der Waals surface area contributed by atoms with E-state index in [1.165, 1.54) is 5.56 Å². The van der Waals surface area contributed by atoms with Crippen LogP contribution in [0.2, 0.25) is 0 Å². The van der Waals surface area contributed by atoms with E-state index in [1.807, 2.05) is 19.3 Å². The lowest BCUT2D eigenvalue weighted by molar-refractivity contribution is 0.411. The van der Waals surface area contributed by atoms with Gasteiger partial charge in [0.2, 0.25) is 0 Å². The first-order valence-electron chi connectivity index (χ1n) is 6.58. The molecular weight excluding hydrogens is 284 g/mol. The number of methoxy groups -OCH3 is 1. The Labute approximate surface area is 127 Å². The highest BCUT2D eigenvalue weighted by molar-refractivity contribution is 7.98. The molecule has 6 heteroatoms. The molecule has 0 spiro atoms. The third kappa shape index (κ3) is 2.71. The summed E-state index contributed by atoms with van der Waals surface area (Å²) in [4.78, 5) is 8.63. The van der Waals surface area contributed by atoms with Crippen LogP contribution in [0.3, 0.4) is 0 Å². The third-order valence-corrected chi connectivity index (χ3v) is 4.35. The Bertz CT molecular complexity index is 784. The van der Waals surface area contributed by atoms with Crippen LogP contribution in [0, 0.1) is 6.92 Å². The average molecular weight is 300 g/mol. The van der Waals surface area contributed by atoms with Gasteiger partial charge in [-0.3, -0.25) is 4.68 Å². The van der Waals surface area contributed by atoms with Crippen LogP contribution in [0.4, 0.5) is 0 Å². The molecule has 0 aliphatic rings. The minimum Gasteiger partial charge on any atom is -0.496 e. The number of benzene rings is 1. The SMILES string of the molecule is COc1ccc(C)cc1CSc1ncnc2c1cnn2C. The van der Waals surface area contributed by atoms with E-state index in [0.717, 1.165) is 33.1 Å². The fourth-order valence-corrected chi connectivity index (χ4v) is 3.16. The first-order chi connectivity index (χ1) is 10.2. The van der Waals surface area contributed by atoms with E-state index in [0.29, 0.717) is 0 Å². The van der Waals surface area contributed by atoms with Crippen molar-refractivity contribution < 1.29 is 4.74 Å². The molecule has 0 amide bonds. The first-order valence-corrected chi connectivity index (χ1v) is 7.56. The molecule has 108 valence electrons. The predicted octanol–water partition coefficient (Wildman–Crippen LogP) is 2.97. The summed E-state index contributed by atoms with van der Waals surface area (Å²) in [6.07, 6.45) is 3.39. The Morgan fingerprint density at radius 3 is 2.95 bits per heavy atom. The number of aromatic nitrogens is 4. The number of fused-ring (bicyclic) bond motifs is 1. The number of hydrogen-bond acceptors (Lipinski definition) is 5. The fourth-order valence-electron chi connectivity index (χ4n) is 2.22. The molecule has 0 saturated heterocycles. The number of thioether (sulfide) groups is 1. The molecule has 21 heavy (non-hydrogen) atoms. The summed E-state index contributed by atoms with van der Waals surface area (Å²) < 4.78 is 7.18. The normalized spacial score (nSPS) is 11.0. The van der Waals surface area contributed by atoms with Gasteiger partial charge in [0.25, 0.3) is 0 Å². The Balaban J connectivity index is 1.88. The molecule has 0 aliphatic heterocycles. The molecule has 1 aromatic carbocycles. The lowest BCUT2D eigenvalue weighted by Gasteiger charge is -2.09. The molecule has 2 aromatic heterocycles. The highest BCUT2D eigenvalue weighted by Crippen LogP contribution is 2.30. The summed E-state index contributed by atoms with van der Waals surface area (Å²) in [7, 11) is 3.58. The zero-order valence-electron chi connectivity index (χ0n) is 12.2. The van der Waals surface area contributed by atoms with Crippen molar-refractivity contribution >= 4 is 22.8 Å². The van der Waals surface area contributed by atoms with E-state index >= 15 is 0 Å². The van der Waals surface area contributed by atoms with Crippen molar-refractivity contribution in [2.24, 2.45) is 7.05 Å². The quantitative estimate of drug-likeness (QED) is 0.547. The van der Waals surface area contributed by atoms with Crippen molar-refractivity contribution in [2.45, 2.75) is 17.7 Å². The Morgan fingerprint density at radius 1 is 1.29 bits per heavy atom. The summed E-state index contributed by atoms with van der Waals surface area (Å²) in [5.74, 6) is 1.70. The van der Waals surface area contributed by atoms with Crippen molar-refractivity contribution in [1.29, 1.82) is 0 Å². The summed E-state index contributed by atoms with van der Waals surface area (Å²) in [5, 5.41) is 6.16. The monoisotopic (exact) mass is 300 g/mol. The van der Waals surface area contributed by atoms with Crippen LogP contribution in [0.25, 0.3) is 11.0 Å². The van der Waals surface area contributed by atoms with E-state index in [2.05, 4.69) is 34.1 Å². The van der Waals surface area contributed by atoms with Gasteiger partial charge in [0.15, 0.2) is 5.65 Å². The minimum atomic E-state index is 0.797. The summed E-state index contributed by atoms with van der Waals surface area (Å²) in [5.41, 5.74) is 3.24. The average Bonchev–Trinajstić information content (AvgIpc) is 2.87. The Morgan fingerprint density at radius 2 is 2.14 bits per heavy atom. The van der Waals surface area contributed by atoms with Gasteiger partial charge in [0, 0.05) is 18.4 Å². The molecule has 2 heterocycles.